The Morgan fingerprint density at radius 2 is 1.36 bits per heavy atom. The first-order chi connectivity index (χ1) is 27.6. The predicted molar refractivity (Wildman–Crippen MR) is 199 cm³/mol. The number of carboxylic acids is 1. The Balaban J connectivity index is 1.81. The number of hydrogen-bond acceptors (Lipinski definition) is 25. The van der Waals surface area contributed by atoms with E-state index in [1.165, 1.54) is 12.1 Å². The van der Waals surface area contributed by atoms with Gasteiger partial charge in [0, 0.05) is 0 Å². The molecule has 0 radical (unpaired) electrons. The molecule has 8 N–H and O–H groups in total. The normalized spacial score (nSPS) is 12.9. The zero-order valence-corrected chi connectivity index (χ0v) is 33.5. The van der Waals surface area contributed by atoms with Crippen LogP contribution in [0.15, 0.2) is 94.6 Å². The Morgan fingerprint density at radius 3 is 1.97 bits per heavy atom. The molecule has 32 heteroatoms. The molecule has 0 saturated carbocycles. The minimum absolute atomic E-state index is 0.00708. The minimum Gasteiger partial charge on any atom is -0.505 e. The summed E-state index contributed by atoms with van der Waals surface area (Å²) in [5, 5.41) is 59.4. The average Bonchev–Trinajstić information content (AvgIpc) is 3.15. The van der Waals surface area contributed by atoms with E-state index in [0.717, 1.165) is 36.4 Å². The van der Waals surface area contributed by atoms with Crippen molar-refractivity contribution in [1.82, 2.24) is 0 Å². The summed E-state index contributed by atoms with van der Waals surface area (Å²) < 4.78 is 134. The summed E-state index contributed by atoms with van der Waals surface area (Å²) in [6.45, 7) is -1.40. The van der Waals surface area contributed by atoms with Gasteiger partial charge in [-0.05, 0) is 60.0 Å². The lowest BCUT2D eigenvalue weighted by Gasteiger charge is -2.14. The highest BCUT2D eigenvalue weighted by atomic mass is 32.3. The summed E-state index contributed by atoms with van der Waals surface area (Å²) in [5.41, 5.74) is 2.72. The molecule has 0 saturated heterocycles. The molecule has 4 aromatic carbocycles. The van der Waals surface area contributed by atoms with Gasteiger partial charge in [-0.15, -0.1) is 24.0 Å². The lowest BCUT2D eigenvalue weighted by atomic mass is 10.1. The number of aromatic hydroxyl groups is 1. The van der Waals surface area contributed by atoms with Crippen LogP contribution in [0.4, 0.5) is 28.4 Å². The van der Waals surface area contributed by atoms with Gasteiger partial charge >= 0.3 is 16.4 Å². The number of nitrogens with two attached hydrogens (primary N) is 1. The number of carboxylic acid groups (broad SMARTS) is 1. The second kappa shape index (κ2) is 19.7. The molecule has 0 spiro atoms. The van der Waals surface area contributed by atoms with E-state index in [1.807, 2.05) is 0 Å². The molecular weight excluding hydrogens is 923 g/mol. The molecule has 0 aliphatic heterocycles. The van der Waals surface area contributed by atoms with Gasteiger partial charge in [0.15, 0.2) is 37.7 Å². The molecule has 0 heterocycles. The fraction of sp³-hybridized carbons (Fsp3) is 0.148. The van der Waals surface area contributed by atoms with Crippen molar-refractivity contribution in [3.8, 4) is 5.75 Å². The second-order valence-electron chi connectivity index (χ2n) is 10.8. The van der Waals surface area contributed by atoms with Gasteiger partial charge < -0.3 is 15.9 Å². The molecule has 0 fully saturated rings. The Hall–Kier alpha value is -4.49. The molecule has 0 aliphatic rings. The van der Waals surface area contributed by atoms with Crippen LogP contribution in [-0.2, 0) is 67.3 Å². The van der Waals surface area contributed by atoms with E-state index in [1.54, 1.807) is 0 Å². The van der Waals surface area contributed by atoms with Crippen LogP contribution in [0.1, 0.15) is 10.4 Å². The van der Waals surface area contributed by atoms with Gasteiger partial charge in [0.2, 0.25) is 0 Å². The van der Waals surface area contributed by atoms with Crippen LogP contribution in [0, 0.1) is 0 Å². The fourth-order valence-electron chi connectivity index (χ4n) is 4.62. The highest BCUT2D eigenvalue weighted by Gasteiger charge is 2.26. The lowest BCUT2D eigenvalue weighted by Crippen LogP contribution is -2.15. The SMILES string of the molecule is Nc1c(N=Nc2cc(S(=O)(=O)CCOS(=O)(=O)O)ccc2C(=O)O)c(S(=O)(=O)O)cc2cc(SOOO)c(N=Nc3ccc(S(=O)(=O)CCOSOOO)cc3)c(O)c12. The summed E-state index contributed by atoms with van der Waals surface area (Å²) in [6, 6.07) is 8.84. The molecule has 4 aromatic rings. The van der Waals surface area contributed by atoms with Gasteiger partial charge in [-0.25, -0.2) is 36.3 Å². The number of aromatic carboxylic acids is 1. The van der Waals surface area contributed by atoms with Crippen molar-refractivity contribution in [2.24, 2.45) is 20.5 Å². The van der Waals surface area contributed by atoms with E-state index < -0.39 is 114 Å². The predicted octanol–water partition coefficient (Wildman–Crippen LogP) is 4.70. The number of benzene rings is 4. The number of phenols is 1. The van der Waals surface area contributed by atoms with Crippen molar-refractivity contribution in [2.75, 3.05) is 30.5 Å². The highest BCUT2D eigenvalue weighted by Crippen LogP contribution is 2.49. The topological polar surface area (TPSA) is 406 Å². The van der Waals surface area contributed by atoms with E-state index in [0.29, 0.717) is 6.07 Å². The van der Waals surface area contributed by atoms with Crippen molar-refractivity contribution in [1.29, 1.82) is 0 Å². The molecule has 320 valence electrons. The Kier molecular flexibility index (Phi) is 15.8. The van der Waals surface area contributed by atoms with Gasteiger partial charge in [0.05, 0.1) is 73.8 Å². The van der Waals surface area contributed by atoms with Crippen molar-refractivity contribution >= 4 is 110 Å². The first kappa shape index (κ1) is 47.2. The number of hydrogen-bond donors (Lipinski definition) is 7. The molecule has 0 atom stereocenters. The third-order valence-electron chi connectivity index (χ3n) is 7.15. The number of fused-ring (bicyclic) bond motifs is 1. The van der Waals surface area contributed by atoms with E-state index in [4.69, 9.17) is 25.0 Å². The Morgan fingerprint density at radius 1 is 0.746 bits per heavy atom. The van der Waals surface area contributed by atoms with Crippen molar-refractivity contribution in [3.63, 3.8) is 0 Å². The van der Waals surface area contributed by atoms with E-state index in [-0.39, 0.29) is 51.8 Å². The van der Waals surface area contributed by atoms with Gasteiger partial charge in [0.1, 0.15) is 22.0 Å². The quantitative estimate of drug-likeness (QED) is 0.0113. The van der Waals surface area contributed by atoms with Crippen molar-refractivity contribution < 1.29 is 95.4 Å². The smallest absolute Gasteiger partial charge is 0.397 e. The van der Waals surface area contributed by atoms with Crippen LogP contribution >= 0.6 is 24.4 Å². The summed E-state index contributed by atoms with van der Waals surface area (Å²) in [5.74, 6) is -4.08. The van der Waals surface area contributed by atoms with E-state index in [2.05, 4.69) is 43.4 Å². The van der Waals surface area contributed by atoms with Crippen LogP contribution in [0.25, 0.3) is 10.8 Å². The number of phenolic OH excluding ortho intramolecular Hbond substituents is 1. The number of nitrogen functional groups attached to an aromatic ring is 1. The maximum Gasteiger partial charge on any atom is 0.397 e. The summed E-state index contributed by atoms with van der Waals surface area (Å²) in [4.78, 5) is 9.85. The van der Waals surface area contributed by atoms with Crippen LogP contribution in [0.3, 0.4) is 0 Å². The molecule has 0 unspecified atom stereocenters. The maximum absolute atomic E-state index is 12.8. The molecule has 0 bridgehead atoms. The molecule has 26 nitrogen and oxygen atoms in total. The van der Waals surface area contributed by atoms with Gasteiger partial charge in [-0.2, -0.15) is 21.9 Å². The monoisotopic (exact) mass is 947 g/mol. The van der Waals surface area contributed by atoms with Crippen LogP contribution < -0.4 is 5.73 Å². The highest BCUT2D eigenvalue weighted by molar-refractivity contribution is 7.94. The first-order valence-electron chi connectivity index (χ1n) is 15.0. The third kappa shape index (κ3) is 12.5. The number of nitrogens with zero attached hydrogens (tertiary/aromatic N) is 4. The van der Waals surface area contributed by atoms with Crippen LogP contribution in [0.2, 0.25) is 0 Å². The fourth-order valence-corrected chi connectivity index (χ4v) is 8.70. The number of sulfone groups is 2. The number of anilines is 1. The van der Waals surface area contributed by atoms with Crippen molar-refractivity contribution in [3.05, 3.63) is 60.2 Å². The van der Waals surface area contributed by atoms with Crippen LogP contribution in [0.5, 0.6) is 5.75 Å². The molecule has 0 amide bonds. The van der Waals surface area contributed by atoms with E-state index in [9.17, 15) is 53.2 Å². The molecule has 59 heavy (non-hydrogen) atoms. The number of rotatable bonds is 21. The summed E-state index contributed by atoms with van der Waals surface area (Å²) in [6.07, 6.45) is 0. The molecule has 0 aromatic heterocycles. The Labute approximate surface area is 340 Å². The van der Waals surface area contributed by atoms with Gasteiger partial charge in [-0.1, -0.05) is 10.1 Å². The lowest BCUT2D eigenvalue weighted by molar-refractivity contribution is -0.434. The van der Waals surface area contributed by atoms with E-state index >= 15 is 0 Å². The Bertz CT molecular complexity index is 2730. The third-order valence-corrected chi connectivity index (χ3v) is 12.9. The van der Waals surface area contributed by atoms with Crippen LogP contribution in [-0.4, -0.2) is 94.2 Å². The average molecular weight is 948 g/mol. The number of azo groups is 2. The first-order valence-corrected chi connectivity index (χ1v) is 22.5. The molecule has 4 rings (SSSR count). The largest absolute Gasteiger partial charge is 0.505 e. The van der Waals surface area contributed by atoms with Gasteiger partial charge in [-0.3, -0.25) is 13.3 Å². The summed E-state index contributed by atoms with van der Waals surface area (Å²) in [7, 11) is -18.6. The second-order valence-corrected chi connectivity index (χ2v) is 18.8. The standard InChI is InChI=1S/C27H25N5O21S6/c28-23-22-14(11-20(54-52-50-36)24(26(22)33)31-29-15-1-3-16(4-2-15)56(38,39)9-7-48-55-53-51-37)12-21(58(42,43)44)25(23)32-30-19-13-17(5-6-18(19)27(34)35)57(40,41)10-8-49-59(45,46)47/h1-6,11-13,33,36-37H,7-10,28H2,(H,34,35)(H,42,43,44)(H,45,46,47). The summed E-state index contributed by atoms with van der Waals surface area (Å²) >= 11 is 0.396. The minimum atomic E-state index is -5.28. The maximum atomic E-state index is 12.8. The number of carbonyl (C=O) groups is 1. The van der Waals surface area contributed by atoms with Gasteiger partial charge in [0.25, 0.3) is 10.1 Å². The molecule has 0 aliphatic carbocycles. The zero-order chi connectivity index (χ0) is 43.8. The van der Waals surface area contributed by atoms with Crippen molar-refractivity contribution in [2.45, 2.75) is 19.6 Å². The molecular formula is C27H25N5O21S6. The zero-order valence-electron chi connectivity index (χ0n) is 28.6.